The van der Waals surface area contributed by atoms with Crippen LogP contribution in [-0.2, 0) is 17.1 Å². The molecular formula is C19H15FeNO3-6. The largest absolute Gasteiger partial charge is 0.748 e. The average Bonchev–Trinajstić information content (AvgIpc) is 3.28. The van der Waals surface area contributed by atoms with Gasteiger partial charge in [0.15, 0.2) is 0 Å². The van der Waals surface area contributed by atoms with Gasteiger partial charge in [-0.3, -0.25) is 10.1 Å². The maximum absolute atomic E-state index is 11.7. The van der Waals surface area contributed by atoms with Crippen LogP contribution in [0.2, 0.25) is 0 Å². The molecule has 0 aliphatic heterocycles. The van der Waals surface area contributed by atoms with Crippen LogP contribution in [0.25, 0.3) is 6.08 Å². The summed E-state index contributed by atoms with van der Waals surface area (Å²) >= 11 is 0. The molecule has 3 aromatic carbocycles. The number of nitrogens with zero attached hydrogens (tertiary/aromatic N) is 1. The topological polar surface area (TPSA) is 60.2 Å². The predicted molar refractivity (Wildman–Crippen MR) is 90.5 cm³/mol. The van der Waals surface area contributed by atoms with Crippen LogP contribution in [0, 0.1) is 10.1 Å². The zero-order valence-electron chi connectivity index (χ0n) is 12.7. The van der Waals surface area contributed by atoms with E-state index in [0.29, 0.717) is 11.1 Å². The molecule has 0 spiro atoms. The molecule has 0 radical (unpaired) electrons. The Hall–Kier alpha value is -2.75. The molecule has 5 heteroatoms. The standard InChI is InChI=1S/C14H10NO3.C5H5.Fe/c16-14(12-5-1-2-6-12)9-8-11-4-3-7-13(10-11)15(17)18;1-2-4-5-3-1;/h1-10H;1-5H;/q-1;-5;. The summed E-state index contributed by atoms with van der Waals surface area (Å²) in [6.45, 7) is 0. The smallest absolute Gasteiger partial charge is 0.269 e. The Morgan fingerprint density at radius 3 is 2.17 bits per heavy atom. The van der Waals surface area contributed by atoms with Gasteiger partial charge in [0, 0.05) is 29.2 Å². The third kappa shape index (κ3) is 6.16. The number of non-ortho nitro benzene ring substituents is 1. The summed E-state index contributed by atoms with van der Waals surface area (Å²) < 4.78 is 0. The molecule has 0 bridgehead atoms. The summed E-state index contributed by atoms with van der Waals surface area (Å²) in [5, 5.41) is 10.6. The van der Waals surface area contributed by atoms with Crippen molar-refractivity contribution in [2.24, 2.45) is 0 Å². The van der Waals surface area contributed by atoms with Crippen LogP contribution in [0.5, 0.6) is 0 Å². The van der Waals surface area contributed by atoms with E-state index in [1.165, 1.54) is 18.2 Å². The predicted octanol–water partition coefficient (Wildman–Crippen LogP) is 4.61. The monoisotopic (exact) mass is 361 g/mol. The molecule has 0 heterocycles. The number of allylic oxidation sites excluding steroid dienone is 1. The molecule has 24 heavy (non-hydrogen) atoms. The summed E-state index contributed by atoms with van der Waals surface area (Å²) in [5.74, 6) is -0.119. The van der Waals surface area contributed by atoms with Crippen molar-refractivity contribution >= 4 is 17.5 Å². The normalized spacial score (nSPS) is 9.67. The molecule has 0 atom stereocenters. The van der Waals surface area contributed by atoms with Crippen LogP contribution < -0.4 is 0 Å². The van der Waals surface area contributed by atoms with Gasteiger partial charge in [0.05, 0.1) is 4.92 Å². The van der Waals surface area contributed by atoms with E-state index in [1.54, 1.807) is 42.5 Å². The second kappa shape index (κ2) is 10.1. The van der Waals surface area contributed by atoms with E-state index in [-0.39, 0.29) is 28.5 Å². The first-order chi connectivity index (χ1) is 11.2. The van der Waals surface area contributed by atoms with Gasteiger partial charge in [-0.2, -0.15) is 12.1 Å². The molecule has 3 aromatic rings. The zero-order valence-corrected chi connectivity index (χ0v) is 13.8. The van der Waals surface area contributed by atoms with Gasteiger partial charge in [0.25, 0.3) is 5.69 Å². The number of hydrogen-bond donors (Lipinski definition) is 0. The second-order valence-electron chi connectivity index (χ2n) is 4.69. The van der Waals surface area contributed by atoms with Crippen molar-refractivity contribution in [2.75, 3.05) is 0 Å². The third-order valence-electron chi connectivity index (χ3n) is 3.01. The number of ketones is 1. The number of rotatable bonds is 4. The van der Waals surface area contributed by atoms with Gasteiger partial charge in [0.1, 0.15) is 5.78 Å². The van der Waals surface area contributed by atoms with Gasteiger partial charge >= 0.3 is 0 Å². The van der Waals surface area contributed by atoms with Gasteiger partial charge < -0.3 is 35.1 Å². The number of nitro benzene ring substituents is 1. The van der Waals surface area contributed by atoms with E-state index in [9.17, 15) is 14.9 Å². The van der Waals surface area contributed by atoms with Gasteiger partial charge in [-0.15, -0.1) is 12.1 Å². The van der Waals surface area contributed by atoms with Crippen LogP contribution in [0.3, 0.4) is 0 Å². The first-order valence-electron chi connectivity index (χ1n) is 7.02. The minimum Gasteiger partial charge on any atom is -0.748 e. The molecule has 0 unspecified atom stereocenters. The first kappa shape index (κ1) is 19.3. The van der Waals surface area contributed by atoms with Crippen molar-refractivity contribution < 1.29 is 26.8 Å². The Morgan fingerprint density at radius 2 is 1.62 bits per heavy atom. The van der Waals surface area contributed by atoms with Crippen molar-refractivity contribution in [3.05, 3.63) is 106 Å². The number of benzene rings is 1. The molecule has 0 amide bonds. The van der Waals surface area contributed by atoms with E-state index in [4.69, 9.17) is 0 Å². The SMILES string of the molecule is O=C(C=Cc1cccc([N+](=O)[O-])c1)[c-]1cccc1.[Fe].[cH-]1[cH-][cH-][cH-][cH-]1. The minimum absolute atomic E-state index is 0. The Kier molecular flexibility index (Phi) is 8.12. The molecule has 0 saturated heterocycles. The van der Waals surface area contributed by atoms with Gasteiger partial charge in [-0.25, -0.2) is 0 Å². The van der Waals surface area contributed by atoms with E-state index in [2.05, 4.69) is 0 Å². The number of nitro groups is 1. The van der Waals surface area contributed by atoms with Crippen molar-refractivity contribution in [3.63, 3.8) is 0 Å². The fourth-order valence-electron chi connectivity index (χ4n) is 1.87. The molecule has 0 aromatic heterocycles. The van der Waals surface area contributed by atoms with Crippen molar-refractivity contribution in [2.45, 2.75) is 0 Å². The van der Waals surface area contributed by atoms with Crippen LogP contribution in [0.15, 0.2) is 84.9 Å². The summed E-state index contributed by atoms with van der Waals surface area (Å²) in [5.41, 5.74) is 1.25. The molecule has 0 aliphatic carbocycles. The van der Waals surface area contributed by atoms with E-state index in [1.807, 2.05) is 30.3 Å². The minimum atomic E-state index is -0.462. The Morgan fingerprint density at radius 1 is 1.04 bits per heavy atom. The van der Waals surface area contributed by atoms with Crippen molar-refractivity contribution in [3.8, 4) is 0 Å². The first-order valence-corrected chi connectivity index (χ1v) is 7.02. The van der Waals surface area contributed by atoms with Gasteiger partial charge in [-0.1, -0.05) is 29.8 Å². The maximum Gasteiger partial charge on any atom is 0.269 e. The summed E-state index contributed by atoms with van der Waals surface area (Å²) in [7, 11) is 0. The number of carbonyl (C=O) groups excluding carboxylic acids is 1. The fourth-order valence-corrected chi connectivity index (χ4v) is 1.87. The third-order valence-corrected chi connectivity index (χ3v) is 3.01. The Labute approximate surface area is 150 Å². The van der Waals surface area contributed by atoms with Crippen LogP contribution >= 0.6 is 0 Å². The molecule has 128 valence electrons. The van der Waals surface area contributed by atoms with E-state index >= 15 is 0 Å². The Bertz CT molecular complexity index is 758. The number of carbonyl (C=O) groups is 1. The molecular weight excluding hydrogens is 346 g/mol. The molecule has 0 saturated carbocycles. The fraction of sp³-hybridized carbons (Fsp3) is 0. The van der Waals surface area contributed by atoms with Crippen LogP contribution in [-0.4, -0.2) is 10.7 Å². The summed E-state index contributed by atoms with van der Waals surface area (Å²) in [6, 6.07) is 23.2. The second-order valence-corrected chi connectivity index (χ2v) is 4.69. The quantitative estimate of drug-likeness (QED) is 0.170. The zero-order chi connectivity index (χ0) is 16.5. The number of hydrogen-bond acceptors (Lipinski definition) is 3. The van der Waals surface area contributed by atoms with Crippen molar-refractivity contribution in [1.29, 1.82) is 0 Å². The molecule has 3 rings (SSSR count). The Balaban J connectivity index is 0.000000412. The summed E-state index contributed by atoms with van der Waals surface area (Å²) in [4.78, 5) is 21.8. The van der Waals surface area contributed by atoms with E-state index in [0.717, 1.165) is 0 Å². The molecule has 4 nitrogen and oxygen atoms in total. The van der Waals surface area contributed by atoms with Crippen LogP contribution in [0.1, 0.15) is 15.9 Å². The van der Waals surface area contributed by atoms with Crippen LogP contribution in [0.4, 0.5) is 5.69 Å². The van der Waals surface area contributed by atoms with E-state index < -0.39 is 4.92 Å². The molecule has 0 N–H and O–H groups in total. The van der Waals surface area contributed by atoms with Crippen molar-refractivity contribution in [1.82, 2.24) is 0 Å². The molecule has 0 aliphatic rings. The molecule has 0 fully saturated rings. The maximum atomic E-state index is 11.7. The average molecular weight is 361 g/mol. The van der Waals surface area contributed by atoms with Gasteiger partial charge in [-0.05, 0) is 5.56 Å². The van der Waals surface area contributed by atoms with Gasteiger partial charge in [0.2, 0.25) is 0 Å². The summed E-state index contributed by atoms with van der Waals surface area (Å²) in [6.07, 6.45) is 2.98.